The van der Waals surface area contributed by atoms with Crippen LogP contribution in [0.1, 0.15) is 36.3 Å². The molecule has 4 nitrogen and oxygen atoms in total. The normalized spacial score (nSPS) is 16.3. The van der Waals surface area contributed by atoms with Gasteiger partial charge in [0.2, 0.25) is 0 Å². The summed E-state index contributed by atoms with van der Waals surface area (Å²) in [7, 11) is 3.45. The van der Waals surface area contributed by atoms with Crippen LogP contribution in [0.2, 0.25) is 0 Å². The van der Waals surface area contributed by atoms with Crippen LogP contribution in [0.3, 0.4) is 0 Å². The molecule has 0 bridgehead atoms. The lowest BCUT2D eigenvalue weighted by Gasteiger charge is -2.34. The van der Waals surface area contributed by atoms with Crippen molar-refractivity contribution >= 4 is 11.3 Å². The lowest BCUT2D eigenvalue weighted by molar-refractivity contribution is 0.0325. The highest BCUT2D eigenvalue weighted by Crippen LogP contribution is 2.31. The molecule has 0 spiro atoms. The summed E-state index contributed by atoms with van der Waals surface area (Å²) in [6.07, 6.45) is 1.01. The molecule has 0 aliphatic rings. The maximum absolute atomic E-state index is 5.55. The summed E-state index contributed by atoms with van der Waals surface area (Å²) in [6, 6.07) is 0. The van der Waals surface area contributed by atoms with Crippen molar-refractivity contribution in [3.05, 3.63) is 15.6 Å². The Morgan fingerprint density at radius 1 is 1.42 bits per heavy atom. The fourth-order valence-electron chi connectivity index (χ4n) is 2.02. The maximum atomic E-state index is 5.55. The van der Waals surface area contributed by atoms with Gasteiger partial charge in [0.15, 0.2) is 0 Å². The van der Waals surface area contributed by atoms with Gasteiger partial charge in [-0.3, -0.25) is 0 Å². The average molecular weight is 286 g/mol. The van der Waals surface area contributed by atoms with Crippen LogP contribution in [-0.2, 0) is 21.4 Å². The molecule has 1 N–H and O–H groups in total. The first kappa shape index (κ1) is 16.6. The van der Waals surface area contributed by atoms with E-state index in [0.717, 1.165) is 18.0 Å². The van der Waals surface area contributed by atoms with E-state index in [1.54, 1.807) is 25.6 Å². The van der Waals surface area contributed by atoms with Crippen molar-refractivity contribution in [3.63, 3.8) is 0 Å². The minimum atomic E-state index is -0.282. The molecule has 0 aliphatic carbocycles. The molecule has 1 heterocycles. The fraction of sp³-hybridized carbons (Fsp3) is 0.786. The molecular weight excluding hydrogens is 260 g/mol. The second-order valence-electron chi connectivity index (χ2n) is 4.88. The summed E-state index contributed by atoms with van der Waals surface area (Å²) in [6.45, 7) is 9.95. The van der Waals surface area contributed by atoms with Gasteiger partial charge >= 0.3 is 0 Å². The van der Waals surface area contributed by atoms with Crippen LogP contribution in [0.4, 0.5) is 0 Å². The van der Waals surface area contributed by atoms with Crippen LogP contribution in [0.15, 0.2) is 0 Å². The Morgan fingerprint density at radius 3 is 2.58 bits per heavy atom. The highest BCUT2D eigenvalue weighted by atomic mass is 32.1. The summed E-state index contributed by atoms with van der Waals surface area (Å²) >= 11 is 1.75. The minimum absolute atomic E-state index is 0.0413. The molecular formula is C14H26N2O2S. The van der Waals surface area contributed by atoms with Gasteiger partial charge in [0, 0.05) is 25.6 Å². The molecule has 1 aromatic heterocycles. The minimum Gasteiger partial charge on any atom is -0.383 e. The Labute approximate surface area is 120 Å². The molecule has 0 saturated carbocycles. The Kier molecular flexibility index (Phi) is 6.39. The van der Waals surface area contributed by atoms with Gasteiger partial charge in [-0.05, 0) is 27.2 Å². The standard InChI is InChI=1S/C14H26N2O2S/c1-7-12-10(2)19-13(16-12)14(4,11(3)18-6)15-8-9-17-5/h11,15H,7-9H2,1-6H3. The molecule has 2 unspecified atom stereocenters. The van der Waals surface area contributed by atoms with Gasteiger partial charge in [0.25, 0.3) is 0 Å². The third kappa shape index (κ3) is 3.75. The fourth-order valence-corrected chi connectivity index (χ4v) is 3.22. The van der Waals surface area contributed by atoms with Gasteiger partial charge < -0.3 is 14.8 Å². The number of methoxy groups -OCH3 is 2. The highest BCUT2D eigenvalue weighted by molar-refractivity contribution is 7.11. The number of aromatic nitrogens is 1. The van der Waals surface area contributed by atoms with Gasteiger partial charge in [-0.15, -0.1) is 11.3 Å². The van der Waals surface area contributed by atoms with Gasteiger partial charge in [-0.1, -0.05) is 6.92 Å². The van der Waals surface area contributed by atoms with Crippen LogP contribution < -0.4 is 5.32 Å². The van der Waals surface area contributed by atoms with Crippen LogP contribution >= 0.6 is 11.3 Å². The molecule has 0 fully saturated rings. The second-order valence-corrected chi connectivity index (χ2v) is 6.08. The molecule has 0 aliphatic heterocycles. The van der Waals surface area contributed by atoms with Crippen molar-refractivity contribution in [1.82, 2.24) is 10.3 Å². The zero-order chi connectivity index (χ0) is 14.5. The Hall–Kier alpha value is -0.490. The Balaban J connectivity index is 3.00. The predicted octanol–water partition coefficient (Wildman–Crippen LogP) is 2.50. The number of hydrogen-bond acceptors (Lipinski definition) is 5. The van der Waals surface area contributed by atoms with Crippen LogP contribution in [0.25, 0.3) is 0 Å². The third-order valence-corrected chi connectivity index (χ3v) is 4.89. The third-order valence-electron chi connectivity index (χ3n) is 3.64. The SMILES string of the molecule is CCc1nc(C(C)(NCCOC)C(C)OC)sc1C. The molecule has 5 heteroatoms. The topological polar surface area (TPSA) is 43.4 Å². The van der Waals surface area contributed by atoms with Gasteiger partial charge in [-0.2, -0.15) is 0 Å². The van der Waals surface area contributed by atoms with Crippen molar-refractivity contribution < 1.29 is 9.47 Å². The maximum Gasteiger partial charge on any atom is 0.116 e. The van der Waals surface area contributed by atoms with E-state index in [9.17, 15) is 0 Å². The van der Waals surface area contributed by atoms with E-state index in [1.807, 2.05) is 0 Å². The zero-order valence-electron chi connectivity index (χ0n) is 12.9. The molecule has 0 radical (unpaired) electrons. The highest BCUT2D eigenvalue weighted by Gasteiger charge is 2.36. The van der Waals surface area contributed by atoms with Crippen molar-refractivity contribution in [2.24, 2.45) is 0 Å². The molecule has 0 saturated heterocycles. The summed E-state index contributed by atoms with van der Waals surface area (Å²) in [4.78, 5) is 6.08. The number of nitrogens with one attached hydrogen (secondary N) is 1. The predicted molar refractivity (Wildman–Crippen MR) is 79.9 cm³/mol. The first-order chi connectivity index (χ1) is 8.99. The van der Waals surface area contributed by atoms with Crippen LogP contribution in [-0.4, -0.2) is 38.5 Å². The van der Waals surface area contributed by atoms with E-state index in [1.165, 1.54) is 10.6 Å². The molecule has 1 aromatic rings. The number of nitrogens with zero attached hydrogens (tertiary/aromatic N) is 1. The van der Waals surface area contributed by atoms with Crippen LogP contribution in [0.5, 0.6) is 0 Å². The molecule has 19 heavy (non-hydrogen) atoms. The van der Waals surface area contributed by atoms with Gasteiger partial charge in [-0.25, -0.2) is 4.98 Å². The molecule has 0 amide bonds. The largest absolute Gasteiger partial charge is 0.383 e. The summed E-state index contributed by atoms with van der Waals surface area (Å²) in [5.74, 6) is 0. The molecule has 0 aromatic carbocycles. The summed E-state index contributed by atoms with van der Waals surface area (Å²) in [5.41, 5.74) is 0.902. The van der Waals surface area contributed by atoms with E-state index in [4.69, 9.17) is 14.5 Å². The van der Waals surface area contributed by atoms with Crippen molar-refractivity contribution in [3.8, 4) is 0 Å². The number of thiazole rings is 1. The monoisotopic (exact) mass is 286 g/mol. The van der Waals surface area contributed by atoms with E-state index in [0.29, 0.717) is 6.61 Å². The quantitative estimate of drug-likeness (QED) is 0.746. The number of ether oxygens (including phenoxy) is 2. The lowest BCUT2D eigenvalue weighted by Crippen LogP contribution is -2.50. The smallest absolute Gasteiger partial charge is 0.116 e. The van der Waals surface area contributed by atoms with Crippen molar-refractivity contribution in [1.29, 1.82) is 0 Å². The van der Waals surface area contributed by atoms with E-state index in [-0.39, 0.29) is 11.6 Å². The second kappa shape index (κ2) is 7.33. The molecule has 2 atom stereocenters. The molecule has 1 rings (SSSR count). The number of hydrogen-bond donors (Lipinski definition) is 1. The zero-order valence-corrected chi connectivity index (χ0v) is 13.7. The Bertz CT molecular complexity index is 395. The van der Waals surface area contributed by atoms with E-state index in [2.05, 4.69) is 33.0 Å². The van der Waals surface area contributed by atoms with Crippen molar-refractivity contribution in [2.75, 3.05) is 27.4 Å². The van der Waals surface area contributed by atoms with Crippen LogP contribution in [0, 0.1) is 6.92 Å². The lowest BCUT2D eigenvalue weighted by atomic mass is 9.96. The van der Waals surface area contributed by atoms with E-state index >= 15 is 0 Å². The first-order valence-corrected chi connectivity index (χ1v) is 7.54. The summed E-state index contributed by atoms with van der Waals surface area (Å²) < 4.78 is 10.7. The average Bonchev–Trinajstić information content (AvgIpc) is 2.79. The Morgan fingerprint density at radius 2 is 2.11 bits per heavy atom. The van der Waals surface area contributed by atoms with E-state index < -0.39 is 0 Å². The van der Waals surface area contributed by atoms with Gasteiger partial charge in [0.1, 0.15) is 5.01 Å². The summed E-state index contributed by atoms with van der Waals surface area (Å²) in [5, 5.41) is 4.62. The number of rotatable bonds is 8. The van der Waals surface area contributed by atoms with Crippen molar-refractivity contribution in [2.45, 2.75) is 45.8 Å². The number of aryl methyl sites for hydroxylation is 2. The first-order valence-electron chi connectivity index (χ1n) is 6.73. The van der Waals surface area contributed by atoms with Gasteiger partial charge in [0.05, 0.1) is 23.9 Å². The molecule has 110 valence electrons.